The Morgan fingerprint density at radius 1 is 1.26 bits per heavy atom. The molecule has 1 aliphatic rings. The molecule has 1 unspecified atom stereocenters. The molecule has 5 nitrogen and oxygen atoms in total. The van der Waals surface area contributed by atoms with Crippen molar-refractivity contribution in [1.29, 1.82) is 0 Å². The molecule has 0 bridgehead atoms. The summed E-state index contributed by atoms with van der Waals surface area (Å²) in [6.07, 6.45) is 3.51. The van der Waals surface area contributed by atoms with Crippen molar-refractivity contribution in [3.05, 3.63) is 65.2 Å². The van der Waals surface area contributed by atoms with E-state index in [1.807, 2.05) is 36.4 Å². The fourth-order valence-corrected chi connectivity index (χ4v) is 3.91. The van der Waals surface area contributed by atoms with Gasteiger partial charge in [-0.1, -0.05) is 18.2 Å². The lowest BCUT2D eigenvalue weighted by molar-refractivity contribution is -0.117. The maximum atomic E-state index is 11.1. The van der Waals surface area contributed by atoms with Gasteiger partial charge < -0.3 is 15.8 Å². The molecule has 0 saturated heterocycles. The molecule has 27 heavy (non-hydrogen) atoms. The van der Waals surface area contributed by atoms with Crippen molar-refractivity contribution in [2.24, 2.45) is 5.73 Å². The molecular formula is C22H23N3O2. The highest BCUT2D eigenvalue weighted by Gasteiger charge is 2.24. The first kappa shape index (κ1) is 17.3. The van der Waals surface area contributed by atoms with Gasteiger partial charge in [0.1, 0.15) is 11.6 Å². The summed E-state index contributed by atoms with van der Waals surface area (Å²) in [4.78, 5) is 15.9. The van der Waals surface area contributed by atoms with E-state index in [0.717, 1.165) is 47.3 Å². The lowest BCUT2D eigenvalue weighted by Crippen LogP contribution is -2.19. The number of ether oxygens (including phenoxy) is 1. The number of nitrogens with zero attached hydrogens (tertiary/aromatic N) is 1. The number of fused-ring (bicyclic) bond motifs is 2. The van der Waals surface area contributed by atoms with Gasteiger partial charge in [-0.2, -0.15) is 0 Å². The zero-order chi connectivity index (χ0) is 18.8. The molecular weight excluding hydrogens is 338 g/mol. The Balaban J connectivity index is 1.62. The van der Waals surface area contributed by atoms with E-state index in [4.69, 9.17) is 15.5 Å². The Morgan fingerprint density at radius 3 is 2.96 bits per heavy atom. The Hall–Kier alpha value is -3.08. The van der Waals surface area contributed by atoms with Crippen LogP contribution in [-0.2, 0) is 17.6 Å². The summed E-state index contributed by atoms with van der Waals surface area (Å²) in [5.74, 6) is 1.45. The van der Waals surface area contributed by atoms with Crippen LogP contribution >= 0.6 is 0 Å². The van der Waals surface area contributed by atoms with Crippen molar-refractivity contribution < 1.29 is 9.53 Å². The maximum absolute atomic E-state index is 11.1. The number of aryl methyl sites for hydroxylation is 1. The second-order valence-corrected chi connectivity index (χ2v) is 6.99. The molecule has 1 aromatic heterocycles. The number of nitrogens with one attached hydrogen (secondary N) is 1. The summed E-state index contributed by atoms with van der Waals surface area (Å²) < 4.78 is 5.60. The van der Waals surface area contributed by atoms with Crippen LogP contribution in [0.1, 0.15) is 35.6 Å². The smallest absolute Gasteiger partial charge is 0.221 e. The molecule has 1 heterocycles. The number of rotatable bonds is 5. The minimum absolute atomic E-state index is 0.184. The summed E-state index contributed by atoms with van der Waals surface area (Å²) in [5.41, 5.74) is 9.67. The van der Waals surface area contributed by atoms with Gasteiger partial charge in [0.05, 0.1) is 25.1 Å². The normalized spacial score (nSPS) is 16.0. The molecule has 5 heteroatoms. The van der Waals surface area contributed by atoms with Gasteiger partial charge in [0.2, 0.25) is 5.91 Å². The van der Waals surface area contributed by atoms with Crippen LogP contribution in [0.5, 0.6) is 5.75 Å². The summed E-state index contributed by atoms with van der Waals surface area (Å²) >= 11 is 0. The second kappa shape index (κ2) is 7.27. The van der Waals surface area contributed by atoms with Crippen LogP contribution in [0.3, 0.4) is 0 Å². The first-order valence-corrected chi connectivity index (χ1v) is 9.24. The van der Waals surface area contributed by atoms with E-state index < -0.39 is 0 Å². The van der Waals surface area contributed by atoms with Gasteiger partial charge in [-0.15, -0.1) is 0 Å². The number of hydrogen-bond acceptors (Lipinski definition) is 4. The third kappa shape index (κ3) is 3.58. The quantitative estimate of drug-likeness (QED) is 0.725. The molecule has 0 radical (unpaired) electrons. The highest BCUT2D eigenvalue weighted by Crippen LogP contribution is 2.38. The average Bonchev–Trinajstić information content (AvgIpc) is 2.67. The van der Waals surface area contributed by atoms with E-state index in [9.17, 15) is 4.79 Å². The fourth-order valence-electron chi connectivity index (χ4n) is 3.91. The number of amides is 1. The van der Waals surface area contributed by atoms with Gasteiger partial charge in [-0.3, -0.25) is 4.79 Å². The number of nitrogens with two attached hydrogens (primary N) is 1. The Morgan fingerprint density at radius 2 is 2.15 bits per heavy atom. The molecule has 0 spiro atoms. The first-order chi connectivity index (χ1) is 13.1. The van der Waals surface area contributed by atoms with Gasteiger partial charge in [0.15, 0.2) is 0 Å². The topological polar surface area (TPSA) is 77.2 Å². The van der Waals surface area contributed by atoms with Gasteiger partial charge in [-0.25, -0.2) is 4.98 Å². The lowest BCUT2D eigenvalue weighted by Gasteiger charge is -2.28. The molecule has 0 fully saturated rings. The number of aromatic nitrogens is 1. The van der Waals surface area contributed by atoms with Gasteiger partial charge in [0, 0.05) is 10.9 Å². The van der Waals surface area contributed by atoms with E-state index in [0.29, 0.717) is 0 Å². The highest BCUT2D eigenvalue weighted by molar-refractivity contribution is 5.83. The number of hydrogen-bond donors (Lipinski definition) is 2. The van der Waals surface area contributed by atoms with E-state index >= 15 is 0 Å². The zero-order valence-electron chi connectivity index (χ0n) is 15.4. The van der Waals surface area contributed by atoms with Crippen LogP contribution in [0.4, 0.5) is 5.82 Å². The molecule has 0 aliphatic heterocycles. The Labute approximate surface area is 158 Å². The number of methoxy groups -OCH3 is 1. The summed E-state index contributed by atoms with van der Waals surface area (Å²) in [6.45, 7) is 0. The van der Waals surface area contributed by atoms with Crippen LogP contribution < -0.4 is 15.8 Å². The second-order valence-electron chi connectivity index (χ2n) is 6.99. The highest BCUT2D eigenvalue weighted by atomic mass is 16.5. The lowest BCUT2D eigenvalue weighted by atomic mass is 9.87. The number of anilines is 1. The van der Waals surface area contributed by atoms with Crippen molar-refractivity contribution in [2.75, 3.05) is 12.4 Å². The van der Waals surface area contributed by atoms with Gasteiger partial charge in [0.25, 0.3) is 0 Å². The van der Waals surface area contributed by atoms with Crippen molar-refractivity contribution in [3.63, 3.8) is 0 Å². The molecule has 3 aromatic rings. The van der Waals surface area contributed by atoms with Crippen molar-refractivity contribution >= 4 is 22.6 Å². The van der Waals surface area contributed by atoms with Crippen LogP contribution in [0.2, 0.25) is 0 Å². The third-order valence-electron chi connectivity index (χ3n) is 5.12. The molecule has 138 valence electrons. The zero-order valence-corrected chi connectivity index (χ0v) is 15.4. The molecule has 2 aromatic carbocycles. The van der Waals surface area contributed by atoms with Gasteiger partial charge in [-0.05, 0) is 60.7 Å². The summed E-state index contributed by atoms with van der Waals surface area (Å²) in [6, 6.07) is 16.3. The van der Waals surface area contributed by atoms with Crippen LogP contribution in [0.15, 0.2) is 48.5 Å². The summed E-state index contributed by atoms with van der Waals surface area (Å²) in [5, 5.41) is 4.59. The van der Waals surface area contributed by atoms with E-state index in [1.54, 1.807) is 7.11 Å². The van der Waals surface area contributed by atoms with E-state index in [-0.39, 0.29) is 18.4 Å². The predicted octanol–water partition coefficient (Wildman–Crippen LogP) is 3.76. The van der Waals surface area contributed by atoms with Crippen molar-refractivity contribution in [3.8, 4) is 5.75 Å². The number of benzene rings is 2. The molecule has 1 aliphatic carbocycles. The molecule has 4 rings (SSSR count). The monoisotopic (exact) mass is 361 g/mol. The molecule has 1 atom stereocenters. The van der Waals surface area contributed by atoms with Crippen molar-refractivity contribution in [1.82, 2.24) is 4.98 Å². The standard InChI is InChI=1S/C22H23N3O2/c1-27-19-7-3-5-15-4-2-6-18(22(15)19)25-21-11-9-16-12-14(13-20(23)26)8-10-17(16)24-21/h3,5,7-12,18H,2,4,6,13H2,1H3,(H2,23,26)(H,24,25). The maximum Gasteiger partial charge on any atom is 0.221 e. The molecule has 3 N–H and O–H groups in total. The minimum Gasteiger partial charge on any atom is -0.496 e. The Bertz CT molecular complexity index is 986. The number of carbonyl (C=O) groups is 1. The minimum atomic E-state index is -0.328. The number of primary amides is 1. The van der Waals surface area contributed by atoms with Crippen LogP contribution in [0.25, 0.3) is 10.9 Å². The average molecular weight is 361 g/mol. The first-order valence-electron chi connectivity index (χ1n) is 9.24. The van der Waals surface area contributed by atoms with E-state index in [2.05, 4.69) is 17.4 Å². The predicted molar refractivity (Wildman–Crippen MR) is 107 cm³/mol. The van der Waals surface area contributed by atoms with Crippen LogP contribution in [0, 0.1) is 0 Å². The SMILES string of the molecule is COc1cccc2c1C(Nc1ccc3cc(CC(N)=O)ccc3n1)CCC2. The summed E-state index contributed by atoms with van der Waals surface area (Å²) in [7, 11) is 1.72. The molecule has 0 saturated carbocycles. The van der Waals surface area contributed by atoms with Crippen molar-refractivity contribution in [2.45, 2.75) is 31.7 Å². The van der Waals surface area contributed by atoms with E-state index in [1.165, 1.54) is 11.1 Å². The third-order valence-corrected chi connectivity index (χ3v) is 5.12. The Kier molecular flexibility index (Phi) is 4.67. The number of carbonyl (C=O) groups excluding carboxylic acids is 1. The van der Waals surface area contributed by atoms with Crippen LogP contribution in [-0.4, -0.2) is 18.0 Å². The largest absolute Gasteiger partial charge is 0.496 e. The van der Waals surface area contributed by atoms with Gasteiger partial charge >= 0.3 is 0 Å². The number of pyridine rings is 1. The molecule has 1 amide bonds. The fraction of sp³-hybridized carbons (Fsp3) is 0.273.